The van der Waals surface area contributed by atoms with Crippen LogP contribution in [0.1, 0.15) is 43.9 Å². The largest absolute Gasteiger partial charge is 0.497 e. The van der Waals surface area contributed by atoms with E-state index in [0.717, 1.165) is 27.4 Å². The van der Waals surface area contributed by atoms with Crippen molar-refractivity contribution in [3.05, 3.63) is 77.4 Å². The lowest BCUT2D eigenvalue weighted by Gasteiger charge is -2.32. The first kappa shape index (κ1) is 34.2. The molecule has 10 nitrogen and oxygen atoms in total. The zero-order valence-electron chi connectivity index (χ0n) is 26.7. The number of anilines is 1. The van der Waals surface area contributed by atoms with Gasteiger partial charge in [0.25, 0.3) is 10.0 Å². The van der Waals surface area contributed by atoms with Crippen LogP contribution < -0.4 is 23.8 Å². The van der Waals surface area contributed by atoms with Crippen molar-refractivity contribution in [2.75, 3.05) is 32.2 Å². The second kappa shape index (κ2) is 15.0. The molecule has 0 saturated heterocycles. The van der Waals surface area contributed by atoms with Crippen molar-refractivity contribution >= 4 is 27.5 Å². The van der Waals surface area contributed by atoms with Gasteiger partial charge >= 0.3 is 0 Å². The van der Waals surface area contributed by atoms with E-state index in [4.69, 9.17) is 14.2 Å². The Labute approximate surface area is 261 Å². The molecule has 0 spiro atoms. The Hall–Kier alpha value is -4.25. The molecule has 0 heterocycles. The van der Waals surface area contributed by atoms with E-state index in [2.05, 4.69) is 5.32 Å². The number of aryl methyl sites for hydroxylation is 2. The maximum absolute atomic E-state index is 14.3. The molecule has 0 unspecified atom stereocenters. The Bertz CT molecular complexity index is 1540. The van der Waals surface area contributed by atoms with Crippen LogP contribution in [0.2, 0.25) is 0 Å². The third-order valence-electron chi connectivity index (χ3n) is 7.40. The summed E-state index contributed by atoms with van der Waals surface area (Å²) in [7, 11) is 0.151. The number of methoxy groups -OCH3 is 3. The summed E-state index contributed by atoms with van der Waals surface area (Å²) in [4.78, 5) is 28.8. The zero-order valence-corrected chi connectivity index (χ0v) is 27.5. The number of sulfonamides is 1. The van der Waals surface area contributed by atoms with Crippen LogP contribution in [0.4, 0.5) is 5.69 Å². The normalized spacial score (nSPS) is 12.5. The van der Waals surface area contributed by atoms with Crippen LogP contribution in [0.5, 0.6) is 17.2 Å². The van der Waals surface area contributed by atoms with E-state index in [1.807, 2.05) is 33.8 Å². The molecule has 0 aromatic heterocycles. The van der Waals surface area contributed by atoms with Crippen molar-refractivity contribution < 1.29 is 32.2 Å². The highest BCUT2D eigenvalue weighted by Crippen LogP contribution is 2.33. The fourth-order valence-corrected chi connectivity index (χ4v) is 6.12. The quantitative estimate of drug-likeness (QED) is 0.272. The summed E-state index contributed by atoms with van der Waals surface area (Å²) in [6.07, 6.45) is 0.717. The van der Waals surface area contributed by atoms with Crippen molar-refractivity contribution in [3.63, 3.8) is 0 Å². The topological polar surface area (TPSA) is 114 Å². The van der Waals surface area contributed by atoms with Crippen LogP contribution in [0.3, 0.4) is 0 Å². The summed E-state index contributed by atoms with van der Waals surface area (Å²) in [5.74, 6) is 0.373. The molecule has 3 aromatic rings. The molecule has 1 N–H and O–H groups in total. The van der Waals surface area contributed by atoms with E-state index in [-0.39, 0.29) is 29.1 Å². The van der Waals surface area contributed by atoms with Crippen molar-refractivity contribution in [2.24, 2.45) is 0 Å². The molecule has 3 aromatic carbocycles. The van der Waals surface area contributed by atoms with Crippen LogP contribution in [0.25, 0.3) is 0 Å². The van der Waals surface area contributed by atoms with E-state index in [0.29, 0.717) is 17.2 Å². The average molecular weight is 626 g/mol. The molecule has 2 atom stereocenters. The fraction of sp³-hybridized carbons (Fsp3) is 0.394. The summed E-state index contributed by atoms with van der Waals surface area (Å²) in [6.45, 7) is 8.73. The van der Waals surface area contributed by atoms with E-state index in [1.165, 1.54) is 37.3 Å². The highest BCUT2D eigenvalue weighted by molar-refractivity contribution is 7.92. The summed E-state index contributed by atoms with van der Waals surface area (Å²) in [5, 5.41) is 2.94. The SMILES string of the molecule is CC[C@H](C)NC(=O)[C@H](C)N(Cc1ccc(OC)cc1)C(=O)CN(c1cc(C)cc(C)c1)S(=O)(=O)c1ccc(OC)c(OC)c1. The molecule has 0 bridgehead atoms. The van der Waals surface area contributed by atoms with Gasteiger partial charge in [0, 0.05) is 18.7 Å². The fourth-order valence-electron chi connectivity index (χ4n) is 4.70. The summed E-state index contributed by atoms with van der Waals surface area (Å²) in [6, 6.07) is 15.8. The number of nitrogens with zero attached hydrogens (tertiary/aromatic N) is 2. The Balaban J connectivity index is 2.10. The monoisotopic (exact) mass is 625 g/mol. The van der Waals surface area contributed by atoms with Gasteiger partial charge in [-0.05, 0) is 87.2 Å². The second-order valence-corrected chi connectivity index (χ2v) is 12.6. The second-order valence-electron chi connectivity index (χ2n) is 10.7. The molecule has 2 amide bonds. The van der Waals surface area contributed by atoms with E-state index >= 15 is 0 Å². The van der Waals surface area contributed by atoms with E-state index < -0.39 is 28.5 Å². The maximum atomic E-state index is 14.3. The van der Waals surface area contributed by atoms with Crippen molar-refractivity contribution in [2.45, 2.75) is 64.6 Å². The first-order valence-electron chi connectivity index (χ1n) is 14.4. The number of ether oxygens (including phenoxy) is 3. The van der Waals surface area contributed by atoms with Gasteiger partial charge in [-0.2, -0.15) is 0 Å². The lowest BCUT2D eigenvalue weighted by molar-refractivity contribution is -0.139. The van der Waals surface area contributed by atoms with Gasteiger partial charge < -0.3 is 24.4 Å². The van der Waals surface area contributed by atoms with Gasteiger partial charge in [-0.1, -0.05) is 25.1 Å². The van der Waals surface area contributed by atoms with Gasteiger partial charge in [0.2, 0.25) is 11.8 Å². The summed E-state index contributed by atoms with van der Waals surface area (Å²) < 4.78 is 45.5. The van der Waals surface area contributed by atoms with Gasteiger partial charge in [0.05, 0.1) is 31.9 Å². The van der Waals surface area contributed by atoms with Crippen LogP contribution in [0, 0.1) is 13.8 Å². The lowest BCUT2D eigenvalue weighted by atomic mass is 10.1. The van der Waals surface area contributed by atoms with Crippen LogP contribution >= 0.6 is 0 Å². The number of nitrogens with one attached hydrogen (secondary N) is 1. The van der Waals surface area contributed by atoms with Crippen molar-refractivity contribution in [1.29, 1.82) is 0 Å². The molecule has 11 heteroatoms. The van der Waals surface area contributed by atoms with Crippen molar-refractivity contribution in [1.82, 2.24) is 10.2 Å². The van der Waals surface area contributed by atoms with Gasteiger partial charge in [-0.25, -0.2) is 8.42 Å². The molecule has 0 aliphatic carbocycles. The first-order chi connectivity index (χ1) is 20.8. The molecule has 0 saturated carbocycles. The summed E-state index contributed by atoms with van der Waals surface area (Å²) >= 11 is 0. The minimum atomic E-state index is -4.29. The van der Waals surface area contributed by atoms with Crippen LogP contribution in [-0.4, -0.2) is 65.1 Å². The molecule has 0 aliphatic rings. The van der Waals surface area contributed by atoms with Crippen molar-refractivity contribution in [3.8, 4) is 17.2 Å². The predicted octanol–water partition coefficient (Wildman–Crippen LogP) is 4.86. The smallest absolute Gasteiger partial charge is 0.264 e. The molecule has 0 fully saturated rings. The molecule has 0 aliphatic heterocycles. The maximum Gasteiger partial charge on any atom is 0.264 e. The number of rotatable bonds is 14. The van der Waals surface area contributed by atoms with Crippen LogP contribution in [0.15, 0.2) is 65.6 Å². The number of amides is 2. The van der Waals surface area contributed by atoms with Gasteiger partial charge in [-0.15, -0.1) is 0 Å². The summed E-state index contributed by atoms with van der Waals surface area (Å²) in [5.41, 5.74) is 2.74. The minimum absolute atomic E-state index is 0.0774. The Morgan fingerprint density at radius 3 is 2.00 bits per heavy atom. The number of carbonyl (C=O) groups is 2. The minimum Gasteiger partial charge on any atom is -0.497 e. The number of benzene rings is 3. The average Bonchev–Trinajstić information content (AvgIpc) is 3.01. The number of hydrogen-bond acceptors (Lipinski definition) is 7. The van der Waals surface area contributed by atoms with E-state index in [1.54, 1.807) is 50.4 Å². The van der Waals surface area contributed by atoms with Gasteiger partial charge in [0.1, 0.15) is 18.3 Å². The van der Waals surface area contributed by atoms with Gasteiger partial charge in [0.15, 0.2) is 11.5 Å². The number of hydrogen-bond donors (Lipinski definition) is 1. The molecule has 238 valence electrons. The third kappa shape index (κ3) is 8.22. The molecule has 0 radical (unpaired) electrons. The van der Waals surface area contributed by atoms with E-state index in [9.17, 15) is 18.0 Å². The highest BCUT2D eigenvalue weighted by atomic mass is 32.2. The highest BCUT2D eigenvalue weighted by Gasteiger charge is 2.33. The molecular formula is C33H43N3O7S. The molecule has 3 rings (SSSR count). The Morgan fingerprint density at radius 2 is 1.45 bits per heavy atom. The zero-order chi connectivity index (χ0) is 32.6. The van der Waals surface area contributed by atoms with Crippen LogP contribution in [-0.2, 0) is 26.2 Å². The Kier molecular flexibility index (Phi) is 11.6. The molecule has 44 heavy (non-hydrogen) atoms. The Morgan fingerprint density at radius 1 is 0.841 bits per heavy atom. The standard InChI is InChI=1S/C33H43N3O7S/c1-9-24(4)34-33(38)25(5)35(20-26-10-12-28(41-6)13-11-26)32(37)21-36(27-17-22(2)16-23(3)18-27)44(39,40)29-14-15-30(42-7)31(19-29)43-8/h10-19,24-25H,9,20-21H2,1-8H3,(H,34,38)/t24-,25-/m0/s1. The number of carbonyl (C=O) groups excluding carboxylic acids is 2. The van der Waals surface area contributed by atoms with Gasteiger partial charge in [-0.3, -0.25) is 13.9 Å². The first-order valence-corrected chi connectivity index (χ1v) is 15.8. The third-order valence-corrected chi connectivity index (χ3v) is 9.17. The molecular weight excluding hydrogens is 582 g/mol. The predicted molar refractivity (Wildman–Crippen MR) is 171 cm³/mol. The lowest BCUT2D eigenvalue weighted by Crippen LogP contribution is -2.52.